The second-order valence-electron chi connectivity index (χ2n) is 4.54. The van der Waals surface area contributed by atoms with Crippen molar-refractivity contribution in [2.45, 2.75) is 26.1 Å². The minimum absolute atomic E-state index is 0.223. The molecule has 0 aromatic rings. The van der Waals surface area contributed by atoms with Crippen molar-refractivity contribution in [3.8, 4) is 0 Å². The number of esters is 1. The van der Waals surface area contributed by atoms with Crippen molar-refractivity contribution in [2.75, 3.05) is 14.2 Å². The van der Waals surface area contributed by atoms with Gasteiger partial charge in [0.05, 0.1) is 18.9 Å². The first-order valence-corrected chi connectivity index (χ1v) is 5.65. The van der Waals surface area contributed by atoms with Crippen molar-refractivity contribution in [2.24, 2.45) is 17.8 Å². The molecule has 4 heteroatoms. The monoisotopic (exact) mass is 226 g/mol. The van der Waals surface area contributed by atoms with Crippen LogP contribution in [-0.4, -0.2) is 26.5 Å². The standard InChI is InChI=1S/C12H18O4/c1-7-4-5-8-9(11(13)14-2)6-16-12(15-3)10(7)8/h6-8,10,12H,4-5H2,1-3H3. The fourth-order valence-corrected chi connectivity index (χ4v) is 2.89. The minimum Gasteiger partial charge on any atom is -0.472 e. The third-order valence-corrected chi connectivity index (χ3v) is 3.75. The van der Waals surface area contributed by atoms with Gasteiger partial charge in [0.25, 0.3) is 0 Å². The largest absolute Gasteiger partial charge is 0.472 e. The van der Waals surface area contributed by atoms with E-state index in [9.17, 15) is 4.79 Å². The first kappa shape index (κ1) is 11.5. The van der Waals surface area contributed by atoms with Crippen molar-refractivity contribution >= 4 is 5.97 Å². The Kier molecular flexibility index (Phi) is 3.19. The van der Waals surface area contributed by atoms with Crippen LogP contribution in [0.5, 0.6) is 0 Å². The molecular formula is C12H18O4. The van der Waals surface area contributed by atoms with Gasteiger partial charge in [0.2, 0.25) is 6.29 Å². The molecule has 0 aromatic carbocycles. The number of methoxy groups -OCH3 is 2. The molecule has 4 nitrogen and oxygen atoms in total. The van der Waals surface area contributed by atoms with Crippen LogP contribution in [0.1, 0.15) is 19.8 Å². The molecular weight excluding hydrogens is 208 g/mol. The van der Waals surface area contributed by atoms with Gasteiger partial charge in [0, 0.05) is 18.9 Å². The Labute approximate surface area is 95.6 Å². The van der Waals surface area contributed by atoms with Crippen LogP contribution >= 0.6 is 0 Å². The predicted octanol–water partition coefficient (Wildman–Crippen LogP) is 1.71. The maximum atomic E-state index is 11.6. The summed E-state index contributed by atoms with van der Waals surface area (Å²) in [5.41, 5.74) is 0.658. The van der Waals surface area contributed by atoms with E-state index in [2.05, 4.69) is 6.92 Å². The van der Waals surface area contributed by atoms with E-state index < -0.39 is 0 Å². The van der Waals surface area contributed by atoms with Crippen LogP contribution in [0.15, 0.2) is 11.8 Å². The third kappa shape index (κ3) is 1.71. The first-order valence-electron chi connectivity index (χ1n) is 5.65. The van der Waals surface area contributed by atoms with Crippen molar-refractivity contribution in [3.05, 3.63) is 11.8 Å². The summed E-state index contributed by atoms with van der Waals surface area (Å²) in [5.74, 6) is 0.729. The molecule has 0 saturated heterocycles. The number of fused-ring (bicyclic) bond motifs is 1. The van der Waals surface area contributed by atoms with Crippen LogP contribution in [0.3, 0.4) is 0 Å². The summed E-state index contributed by atoms with van der Waals surface area (Å²) < 4.78 is 15.6. The lowest BCUT2D eigenvalue weighted by atomic mass is 9.83. The highest BCUT2D eigenvalue weighted by molar-refractivity contribution is 5.88. The van der Waals surface area contributed by atoms with Gasteiger partial charge in [-0.1, -0.05) is 6.92 Å². The number of carbonyl (C=O) groups excluding carboxylic acids is 1. The molecule has 2 rings (SSSR count). The highest BCUT2D eigenvalue weighted by Gasteiger charge is 2.46. The zero-order valence-electron chi connectivity index (χ0n) is 9.93. The molecule has 90 valence electrons. The fraction of sp³-hybridized carbons (Fsp3) is 0.750. The average Bonchev–Trinajstić information content (AvgIpc) is 2.70. The molecule has 0 amide bonds. The van der Waals surface area contributed by atoms with Gasteiger partial charge in [-0.25, -0.2) is 4.79 Å². The number of carbonyl (C=O) groups is 1. The Morgan fingerprint density at radius 3 is 2.81 bits per heavy atom. The molecule has 0 bridgehead atoms. The van der Waals surface area contributed by atoms with Gasteiger partial charge in [-0.15, -0.1) is 0 Å². The van der Waals surface area contributed by atoms with E-state index in [1.54, 1.807) is 7.11 Å². The van der Waals surface area contributed by atoms with E-state index in [0.29, 0.717) is 11.5 Å². The number of hydrogen-bond donors (Lipinski definition) is 0. The van der Waals surface area contributed by atoms with Gasteiger partial charge in [-0.3, -0.25) is 0 Å². The second kappa shape index (κ2) is 4.45. The molecule has 2 aliphatic rings. The van der Waals surface area contributed by atoms with E-state index in [1.807, 2.05) is 0 Å². The SMILES string of the molecule is COC(=O)C1=COC(OC)C2C(C)CCC12. The lowest BCUT2D eigenvalue weighted by Crippen LogP contribution is -2.37. The van der Waals surface area contributed by atoms with Gasteiger partial charge in [-0.05, 0) is 18.8 Å². The van der Waals surface area contributed by atoms with Gasteiger partial charge in [0.1, 0.15) is 0 Å². The average molecular weight is 226 g/mol. The summed E-state index contributed by atoms with van der Waals surface area (Å²) in [4.78, 5) is 11.6. The van der Waals surface area contributed by atoms with Crippen molar-refractivity contribution in [1.82, 2.24) is 0 Å². The minimum atomic E-state index is -0.279. The third-order valence-electron chi connectivity index (χ3n) is 3.75. The molecule has 4 atom stereocenters. The van der Waals surface area contributed by atoms with Crippen LogP contribution in [0.2, 0.25) is 0 Å². The number of rotatable bonds is 2. The maximum Gasteiger partial charge on any atom is 0.337 e. The predicted molar refractivity (Wildman–Crippen MR) is 57.4 cm³/mol. The van der Waals surface area contributed by atoms with E-state index >= 15 is 0 Å². The summed E-state index contributed by atoms with van der Waals surface area (Å²) in [6, 6.07) is 0. The van der Waals surface area contributed by atoms with Crippen molar-refractivity contribution in [3.63, 3.8) is 0 Å². The molecule has 0 radical (unpaired) electrons. The molecule has 0 aromatic heterocycles. The first-order chi connectivity index (χ1) is 7.69. The molecule has 1 saturated carbocycles. The van der Waals surface area contributed by atoms with Crippen LogP contribution in [0, 0.1) is 17.8 Å². The van der Waals surface area contributed by atoms with E-state index in [-0.39, 0.29) is 24.1 Å². The molecule has 4 unspecified atom stereocenters. The van der Waals surface area contributed by atoms with Gasteiger partial charge >= 0.3 is 5.97 Å². The Hall–Kier alpha value is -1.03. The second-order valence-corrected chi connectivity index (χ2v) is 4.54. The number of ether oxygens (including phenoxy) is 3. The summed E-state index contributed by atoms with van der Waals surface area (Å²) in [7, 11) is 3.04. The summed E-state index contributed by atoms with van der Waals surface area (Å²) in [5, 5.41) is 0. The van der Waals surface area contributed by atoms with Crippen LogP contribution < -0.4 is 0 Å². The molecule has 1 aliphatic heterocycles. The number of hydrogen-bond acceptors (Lipinski definition) is 4. The van der Waals surface area contributed by atoms with Gasteiger partial charge in [0.15, 0.2) is 0 Å². The highest BCUT2D eigenvalue weighted by atomic mass is 16.7. The lowest BCUT2D eigenvalue weighted by Gasteiger charge is -2.34. The van der Waals surface area contributed by atoms with Crippen LogP contribution in [0.25, 0.3) is 0 Å². The normalized spacial score (nSPS) is 37.3. The summed E-state index contributed by atoms with van der Waals surface area (Å²) >= 11 is 0. The summed E-state index contributed by atoms with van der Waals surface area (Å²) in [6.07, 6.45) is 3.40. The topological polar surface area (TPSA) is 44.8 Å². The Balaban J connectivity index is 2.24. The van der Waals surface area contributed by atoms with E-state index in [4.69, 9.17) is 14.2 Å². The lowest BCUT2D eigenvalue weighted by molar-refractivity contribution is -0.153. The quantitative estimate of drug-likeness (QED) is 0.672. The zero-order chi connectivity index (χ0) is 11.7. The highest BCUT2D eigenvalue weighted by Crippen LogP contribution is 2.46. The summed E-state index contributed by atoms with van der Waals surface area (Å²) in [6.45, 7) is 2.18. The maximum absolute atomic E-state index is 11.6. The van der Waals surface area contributed by atoms with Crippen molar-refractivity contribution in [1.29, 1.82) is 0 Å². The van der Waals surface area contributed by atoms with E-state index in [1.165, 1.54) is 13.4 Å². The van der Waals surface area contributed by atoms with Crippen LogP contribution in [0.4, 0.5) is 0 Å². The van der Waals surface area contributed by atoms with Gasteiger partial charge in [-0.2, -0.15) is 0 Å². The molecule has 1 heterocycles. The molecule has 0 N–H and O–H groups in total. The Morgan fingerprint density at radius 2 is 2.19 bits per heavy atom. The zero-order valence-corrected chi connectivity index (χ0v) is 9.93. The molecule has 16 heavy (non-hydrogen) atoms. The van der Waals surface area contributed by atoms with Crippen molar-refractivity contribution < 1.29 is 19.0 Å². The molecule has 0 spiro atoms. The smallest absolute Gasteiger partial charge is 0.337 e. The van der Waals surface area contributed by atoms with Crippen LogP contribution in [-0.2, 0) is 19.0 Å². The molecule has 1 aliphatic carbocycles. The Morgan fingerprint density at radius 1 is 1.44 bits per heavy atom. The van der Waals surface area contributed by atoms with E-state index in [0.717, 1.165) is 12.8 Å². The van der Waals surface area contributed by atoms with Gasteiger partial charge < -0.3 is 14.2 Å². The fourth-order valence-electron chi connectivity index (χ4n) is 2.89. The molecule has 1 fully saturated rings. The Bertz CT molecular complexity index is 310.